The third kappa shape index (κ3) is 3.51. The first-order chi connectivity index (χ1) is 4.22. The molecule has 0 amide bonds. The Hall–Kier alpha value is -0.0600. The van der Waals surface area contributed by atoms with Gasteiger partial charge in [0.25, 0.3) is 0 Å². The van der Waals surface area contributed by atoms with Crippen LogP contribution in [0.4, 0.5) is 0 Å². The van der Waals surface area contributed by atoms with Gasteiger partial charge in [-0.2, -0.15) is 0 Å². The fraction of sp³-hybridized carbons (Fsp3) is 0.500. The largest absolute Gasteiger partial charge is 0.390 e. The molecule has 0 saturated carbocycles. The lowest BCUT2D eigenvalue weighted by molar-refractivity contribution is 0.762. The minimum Gasteiger partial charge on any atom is -0.390 e. The third-order valence-electron chi connectivity index (χ3n) is 0.927. The van der Waals surface area contributed by atoms with Gasteiger partial charge in [0.05, 0.1) is 12.0 Å². The normalized spacial score (nSPS) is 13.6. The summed E-state index contributed by atoms with van der Waals surface area (Å²) in [5.41, 5.74) is 6.13. The number of aliphatic imine (C=N–C) groups is 1. The molecule has 0 aromatic carbocycles. The van der Waals surface area contributed by atoms with Crippen LogP contribution in [0.2, 0.25) is 0 Å². The van der Waals surface area contributed by atoms with Crippen molar-refractivity contribution < 1.29 is 0 Å². The van der Waals surface area contributed by atoms with Crippen molar-refractivity contribution in [2.45, 2.75) is 13.8 Å². The molecule has 0 radical (unpaired) electrons. The van der Waals surface area contributed by atoms with E-state index in [0.29, 0.717) is 5.92 Å². The van der Waals surface area contributed by atoms with Crippen molar-refractivity contribution in [3.63, 3.8) is 0 Å². The second-order valence-electron chi connectivity index (χ2n) is 1.97. The van der Waals surface area contributed by atoms with Crippen LogP contribution in [0.15, 0.2) is 14.8 Å². The van der Waals surface area contributed by atoms with Crippen molar-refractivity contribution in [1.29, 1.82) is 0 Å². The molecular formula is C6H11IN2. The standard InChI is InChI=1S/C6H11IN2/c1-5(2)6(3-7)9-4-8/h3-5H,1-2H3,(H2,8,9)/b6-3-. The smallest absolute Gasteiger partial charge is 0.0856 e. The zero-order valence-electron chi connectivity index (χ0n) is 5.63. The van der Waals surface area contributed by atoms with Gasteiger partial charge in [0, 0.05) is 0 Å². The maximum absolute atomic E-state index is 5.11. The lowest BCUT2D eigenvalue weighted by Gasteiger charge is -2.01. The summed E-state index contributed by atoms with van der Waals surface area (Å²) in [4.78, 5) is 3.95. The van der Waals surface area contributed by atoms with E-state index >= 15 is 0 Å². The van der Waals surface area contributed by atoms with Crippen molar-refractivity contribution in [1.82, 2.24) is 0 Å². The number of nitrogens with two attached hydrogens (primary N) is 1. The number of halogens is 1. The molecule has 9 heavy (non-hydrogen) atoms. The molecule has 2 N–H and O–H groups in total. The summed E-state index contributed by atoms with van der Waals surface area (Å²) < 4.78 is 1.94. The molecule has 0 aromatic rings. The van der Waals surface area contributed by atoms with E-state index in [0.717, 1.165) is 5.70 Å². The predicted molar refractivity (Wildman–Crippen MR) is 49.6 cm³/mol. The van der Waals surface area contributed by atoms with Crippen LogP contribution in [0.1, 0.15) is 13.8 Å². The average Bonchev–Trinajstić information content (AvgIpc) is 1.82. The maximum Gasteiger partial charge on any atom is 0.0856 e. The molecule has 0 fully saturated rings. The summed E-state index contributed by atoms with van der Waals surface area (Å²) in [5, 5.41) is 0. The highest BCUT2D eigenvalue weighted by molar-refractivity contribution is 14.1. The molecule has 3 heteroatoms. The van der Waals surface area contributed by atoms with Crippen molar-refractivity contribution in [2.24, 2.45) is 16.6 Å². The first kappa shape index (κ1) is 8.94. The van der Waals surface area contributed by atoms with E-state index in [1.807, 2.05) is 4.08 Å². The van der Waals surface area contributed by atoms with E-state index in [2.05, 4.69) is 41.4 Å². The Morgan fingerprint density at radius 1 is 1.67 bits per heavy atom. The van der Waals surface area contributed by atoms with Gasteiger partial charge in [-0.3, -0.25) is 0 Å². The van der Waals surface area contributed by atoms with Crippen molar-refractivity contribution in [2.75, 3.05) is 0 Å². The van der Waals surface area contributed by atoms with Gasteiger partial charge in [0.1, 0.15) is 0 Å². The Morgan fingerprint density at radius 3 is 2.33 bits per heavy atom. The van der Waals surface area contributed by atoms with Crippen molar-refractivity contribution >= 4 is 28.9 Å². The lowest BCUT2D eigenvalue weighted by Crippen LogP contribution is -1.94. The fourth-order valence-corrected chi connectivity index (χ4v) is 1.27. The van der Waals surface area contributed by atoms with Crippen LogP contribution in [0.25, 0.3) is 0 Å². The number of rotatable bonds is 2. The second-order valence-corrected chi connectivity index (χ2v) is 2.59. The minimum atomic E-state index is 0.460. The fourth-order valence-electron chi connectivity index (χ4n) is 0.389. The van der Waals surface area contributed by atoms with Gasteiger partial charge in [-0.1, -0.05) is 36.4 Å². The molecular weight excluding hydrogens is 227 g/mol. The van der Waals surface area contributed by atoms with E-state index in [9.17, 15) is 0 Å². The second kappa shape index (κ2) is 4.78. The zero-order valence-corrected chi connectivity index (χ0v) is 7.79. The van der Waals surface area contributed by atoms with Gasteiger partial charge in [-0.05, 0) is 10.0 Å². The van der Waals surface area contributed by atoms with Crippen LogP contribution in [0, 0.1) is 5.92 Å². The van der Waals surface area contributed by atoms with Crippen LogP contribution in [-0.2, 0) is 0 Å². The molecule has 0 aromatic heterocycles. The molecule has 0 saturated heterocycles. The summed E-state index contributed by atoms with van der Waals surface area (Å²) in [7, 11) is 0. The molecule has 0 unspecified atom stereocenters. The highest BCUT2D eigenvalue weighted by atomic mass is 127. The van der Waals surface area contributed by atoms with Gasteiger partial charge in [0.2, 0.25) is 0 Å². The molecule has 0 aliphatic carbocycles. The average molecular weight is 238 g/mol. The van der Waals surface area contributed by atoms with E-state index in [1.54, 1.807) is 0 Å². The van der Waals surface area contributed by atoms with Gasteiger partial charge >= 0.3 is 0 Å². The topological polar surface area (TPSA) is 38.4 Å². The van der Waals surface area contributed by atoms with Crippen LogP contribution in [0.5, 0.6) is 0 Å². The Morgan fingerprint density at radius 2 is 2.22 bits per heavy atom. The maximum atomic E-state index is 5.11. The summed E-state index contributed by atoms with van der Waals surface area (Å²) in [6.07, 6.45) is 1.32. The SMILES string of the molecule is CC(C)/C(=C/I)N=CN. The van der Waals surface area contributed by atoms with E-state index in [4.69, 9.17) is 5.73 Å². The highest BCUT2D eigenvalue weighted by Gasteiger charge is 1.96. The Labute approximate surface area is 69.4 Å². The summed E-state index contributed by atoms with van der Waals surface area (Å²) >= 11 is 2.16. The van der Waals surface area contributed by atoms with Gasteiger partial charge in [-0.25, -0.2) is 4.99 Å². The molecule has 0 rings (SSSR count). The monoisotopic (exact) mass is 238 g/mol. The van der Waals surface area contributed by atoms with Crippen LogP contribution in [-0.4, -0.2) is 6.34 Å². The molecule has 0 bridgehead atoms. The van der Waals surface area contributed by atoms with Crippen molar-refractivity contribution in [3.05, 3.63) is 9.78 Å². The first-order valence-electron chi connectivity index (χ1n) is 2.77. The van der Waals surface area contributed by atoms with Crippen LogP contribution < -0.4 is 5.73 Å². The van der Waals surface area contributed by atoms with Gasteiger partial charge < -0.3 is 5.73 Å². The van der Waals surface area contributed by atoms with Gasteiger partial charge in [-0.15, -0.1) is 0 Å². The molecule has 52 valence electrons. The van der Waals surface area contributed by atoms with Crippen molar-refractivity contribution in [3.8, 4) is 0 Å². The number of allylic oxidation sites excluding steroid dienone is 1. The van der Waals surface area contributed by atoms with Gasteiger partial charge in [0.15, 0.2) is 0 Å². The Kier molecular flexibility index (Phi) is 4.75. The van der Waals surface area contributed by atoms with Crippen LogP contribution >= 0.6 is 22.6 Å². The third-order valence-corrected chi connectivity index (χ3v) is 1.57. The lowest BCUT2D eigenvalue weighted by atomic mass is 10.2. The summed E-state index contributed by atoms with van der Waals surface area (Å²) in [6.45, 7) is 4.16. The number of hydrogen-bond donors (Lipinski definition) is 1. The number of nitrogens with zero attached hydrogens (tertiary/aromatic N) is 1. The highest BCUT2D eigenvalue weighted by Crippen LogP contribution is 2.11. The zero-order chi connectivity index (χ0) is 7.28. The quantitative estimate of drug-likeness (QED) is 0.445. The Bertz CT molecular complexity index is 127. The van der Waals surface area contributed by atoms with E-state index in [-0.39, 0.29) is 0 Å². The summed E-state index contributed by atoms with van der Waals surface area (Å²) in [5.74, 6) is 0.460. The van der Waals surface area contributed by atoms with Crippen LogP contribution in [0.3, 0.4) is 0 Å². The molecule has 0 aliphatic rings. The predicted octanol–water partition coefficient (Wildman–Crippen LogP) is 1.91. The van der Waals surface area contributed by atoms with E-state index < -0.39 is 0 Å². The Balaban J connectivity index is 4.01. The molecule has 2 nitrogen and oxygen atoms in total. The molecule has 0 aliphatic heterocycles. The first-order valence-corrected chi connectivity index (χ1v) is 4.01. The summed E-state index contributed by atoms with van der Waals surface area (Å²) in [6, 6.07) is 0. The minimum absolute atomic E-state index is 0.460. The molecule has 0 atom stereocenters. The molecule has 0 heterocycles. The number of hydrogen-bond acceptors (Lipinski definition) is 1. The van der Waals surface area contributed by atoms with E-state index in [1.165, 1.54) is 6.34 Å². The molecule has 0 spiro atoms.